The molecule has 0 saturated carbocycles. The number of ether oxygens (including phenoxy) is 1. The van der Waals surface area contributed by atoms with E-state index >= 15 is 0 Å². The van der Waals surface area contributed by atoms with Gasteiger partial charge < -0.3 is 10.1 Å². The predicted octanol–water partition coefficient (Wildman–Crippen LogP) is 3.14. The van der Waals surface area contributed by atoms with Crippen LogP contribution >= 0.6 is 0 Å². The van der Waals surface area contributed by atoms with Crippen LogP contribution in [0.1, 0.15) is 32.3 Å². The zero-order chi connectivity index (χ0) is 12.9. The summed E-state index contributed by atoms with van der Waals surface area (Å²) in [6.45, 7) is 6.01. The molecule has 0 radical (unpaired) electrons. The number of benzene rings is 1. The summed E-state index contributed by atoms with van der Waals surface area (Å²) in [5.41, 5.74) is 1.50. The number of carbonyl (C=O) groups is 1. The Balaban J connectivity index is 2.98. The number of anilines is 1. The van der Waals surface area contributed by atoms with Crippen LogP contribution in [0, 0.1) is 6.92 Å². The number of hydrogen-bond acceptors (Lipinski definition) is 3. The summed E-state index contributed by atoms with van der Waals surface area (Å²) in [5.74, 6) is -0.205. The van der Waals surface area contributed by atoms with E-state index in [-0.39, 0.29) is 5.97 Å². The quantitative estimate of drug-likeness (QED) is 0.797. The third-order valence-electron chi connectivity index (χ3n) is 3.18. The summed E-state index contributed by atoms with van der Waals surface area (Å²) >= 11 is 0. The molecule has 0 aromatic heterocycles. The normalized spacial score (nSPS) is 11.1. The van der Waals surface area contributed by atoms with Gasteiger partial charge in [0, 0.05) is 5.69 Å². The number of carbonyl (C=O) groups excluding carboxylic acids is 1. The fourth-order valence-electron chi connectivity index (χ4n) is 1.96. The molecule has 0 unspecified atom stereocenters. The highest BCUT2D eigenvalue weighted by Gasteiger charge is 2.35. The number of rotatable bonds is 5. The number of nitrogens with one attached hydrogen (secondary N) is 1. The van der Waals surface area contributed by atoms with Crippen LogP contribution in [0.25, 0.3) is 0 Å². The number of hydrogen-bond donors (Lipinski definition) is 1. The van der Waals surface area contributed by atoms with E-state index < -0.39 is 5.54 Å². The zero-order valence-electron chi connectivity index (χ0n) is 11.0. The number of esters is 1. The van der Waals surface area contributed by atoms with Gasteiger partial charge in [0.2, 0.25) is 0 Å². The second-order valence-electron chi connectivity index (χ2n) is 4.28. The first kappa shape index (κ1) is 13.6. The highest BCUT2D eigenvalue weighted by molar-refractivity contribution is 5.84. The maximum atomic E-state index is 11.9. The Labute approximate surface area is 103 Å². The summed E-state index contributed by atoms with van der Waals surface area (Å²) < 4.78 is 4.90. The smallest absolute Gasteiger partial charge is 0.331 e. The van der Waals surface area contributed by atoms with Gasteiger partial charge in [0.25, 0.3) is 0 Å². The SMILES string of the molecule is CCC(CC)(Nc1cccc(C)c1)C(=O)OC. The molecule has 94 valence electrons. The van der Waals surface area contributed by atoms with E-state index in [9.17, 15) is 4.79 Å². The molecule has 1 rings (SSSR count). The van der Waals surface area contributed by atoms with Crippen molar-refractivity contribution in [3.63, 3.8) is 0 Å². The fourth-order valence-corrected chi connectivity index (χ4v) is 1.96. The van der Waals surface area contributed by atoms with Gasteiger partial charge in [-0.3, -0.25) is 0 Å². The van der Waals surface area contributed by atoms with E-state index in [0.717, 1.165) is 5.69 Å². The summed E-state index contributed by atoms with van der Waals surface area (Å²) in [6.07, 6.45) is 1.40. The molecule has 0 fully saturated rings. The van der Waals surface area contributed by atoms with Crippen LogP contribution in [0.2, 0.25) is 0 Å². The molecule has 0 spiro atoms. The first-order valence-corrected chi connectivity index (χ1v) is 6.01. The molecule has 0 amide bonds. The molecule has 0 heterocycles. The molecule has 0 atom stereocenters. The molecule has 17 heavy (non-hydrogen) atoms. The third kappa shape index (κ3) is 2.99. The average molecular weight is 235 g/mol. The average Bonchev–Trinajstić information content (AvgIpc) is 2.35. The topological polar surface area (TPSA) is 38.3 Å². The second kappa shape index (κ2) is 5.71. The predicted molar refractivity (Wildman–Crippen MR) is 70.1 cm³/mol. The Morgan fingerprint density at radius 3 is 2.47 bits per heavy atom. The number of aryl methyl sites for hydroxylation is 1. The maximum Gasteiger partial charge on any atom is 0.331 e. The highest BCUT2D eigenvalue weighted by Crippen LogP contribution is 2.24. The van der Waals surface area contributed by atoms with Gasteiger partial charge in [-0.1, -0.05) is 26.0 Å². The first-order valence-electron chi connectivity index (χ1n) is 6.01. The minimum atomic E-state index is -0.622. The monoisotopic (exact) mass is 235 g/mol. The van der Waals surface area contributed by atoms with Gasteiger partial charge in [-0.15, -0.1) is 0 Å². The molecule has 0 saturated heterocycles. The van der Waals surface area contributed by atoms with Gasteiger partial charge >= 0.3 is 5.97 Å². The van der Waals surface area contributed by atoms with Crippen molar-refractivity contribution in [1.82, 2.24) is 0 Å². The Morgan fingerprint density at radius 1 is 1.35 bits per heavy atom. The van der Waals surface area contributed by atoms with Gasteiger partial charge in [-0.2, -0.15) is 0 Å². The lowest BCUT2D eigenvalue weighted by Gasteiger charge is -2.31. The van der Waals surface area contributed by atoms with E-state index in [1.807, 2.05) is 45.0 Å². The van der Waals surface area contributed by atoms with Crippen molar-refractivity contribution >= 4 is 11.7 Å². The Bertz CT molecular complexity index is 384. The summed E-state index contributed by atoms with van der Waals surface area (Å²) in [5, 5.41) is 3.31. The lowest BCUT2D eigenvalue weighted by Crippen LogP contribution is -2.46. The number of methoxy groups -OCH3 is 1. The molecule has 1 N–H and O–H groups in total. The van der Waals surface area contributed by atoms with Gasteiger partial charge in [-0.25, -0.2) is 4.79 Å². The molecule has 0 bridgehead atoms. The van der Waals surface area contributed by atoms with Crippen LogP contribution in [0.3, 0.4) is 0 Å². The van der Waals surface area contributed by atoms with Crippen LogP contribution in [-0.4, -0.2) is 18.6 Å². The van der Waals surface area contributed by atoms with E-state index in [0.29, 0.717) is 12.8 Å². The van der Waals surface area contributed by atoms with Crippen LogP contribution in [-0.2, 0) is 9.53 Å². The molecule has 0 aliphatic carbocycles. The van der Waals surface area contributed by atoms with E-state index in [1.165, 1.54) is 12.7 Å². The highest BCUT2D eigenvalue weighted by atomic mass is 16.5. The molecule has 3 nitrogen and oxygen atoms in total. The van der Waals surface area contributed by atoms with E-state index in [2.05, 4.69) is 5.32 Å². The Morgan fingerprint density at radius 2 is 2.00 bits per heavy atom. The fraction of sp³-hybridized carbons (Fsp3) is 0.500. The molecule has 1 aromatic carbocycles. The molecular formula is C14H21NO2. The van der Waals surface area contributed by atoms with Crippen LogP contribution < -0.4 is 5.32 Å². The largest absolute Gasteiger partial charge is 0.467 e. The van der Waals surface area contributed by atoms with Gasteiger partial charge in [0.1, 0.15) is 5.54 Å². The minimum Gasteiger partial charge on any atom is -0.467 e. The summed E-state index contributed by atoms with van der Waals surface area (Å²) in [4.78, 5) is 11.9. The summed E-state index contributed by atoms with van der Waals surface area (Å²) in [7, 11) is 1.43. The van der Waals surface area contributed by atoms with Crippen LogP contribution in [0.4, 0.5) is 5.69 Å². The summed E-state index contributed by atoms with van der Waals surface area (Å²) in [6, 6.07) is 8.01. The van der Waals surface area contributed by atoms with Crippen molar-refractivity contribution in [2.24, 2.45) is 0 Å². The zero-order valence-corrected chi connectivity index (χ0v) is 11.0. The van der Waals surface area contributed by atoms with Crippen molar-refractivity contribution in [2.75, 3.05) is 12.4 Å². The molecule has 3 heteroatoms. The third-order valence-corrected chi connectivity index (χ3v) is 3.18. The molecule has 0 aliphatic heterocycles. The maximum absolute atomic E-state index is 11.9. The van der Waals surface area contributed by atoms with Crippen LogP contribution in [0.5, 0.6) is 0 Å². The molecule has 0 aliphatic rings. The Kier molecular flexibility index (Phi) is 4.55. The van der Waals surface area contributed by atoms with Crippen LogP contribution in [0.15, 0.2) is 24.3 Å². The minimum absolute atomic E-state index is 0.205. The standard InChI is InChI=1S/C14H21NO2/c1-5-14(6-2,13(16)17-4)15-12-9-7-8-11(3)10-12/h7-10,15H,5-6H2,1-4H3. The second-order valence-corrected chi connectivity index (χ2v) is 4.28. The van der Waals surface area contributed by atoms with E-state index in [1.54, 1.807) is 0 Å². The molecule has 1 aromatic rings. The van der Waals surface area contributed by atoms with Crippen molar-refractivity contribution in [3.05, 3.63) is 29.8 Å². The Hall–Kier alpha value is -1.51. The molecular weight excluding hydrogens is 214 g/mol. The van der Waals surface area contributed by atoms with Crippen molar-refractivity contribution < 1.29 is 9.53 Å². The van der Waals surface area contributed by atoms with Gasteiger partial charge in [0.05, 0.1) is 7.11 Å². The van der Waals surface area contributed by atoms with Crippen molar-refractivity contribution in [2.45, 2.75) is 39.2 Å². The first-order chi connectivity index (χ1) is 8.07. The van der Waals surface area contributed by atoms with E-state index in [4.69, 9.17) is 4.74 Å². The van der Waals surface area contributed by atoms with Crippen molar-refractivity contribution in [3.8, 4) is 0 Å². The lowest BCUT2D eigenvalue weighted by molar-refractivity contribution is -0.146. The van der Waals surface area contributed by atoms with Crippen molar-refractivity contribution in [1.29, 1.82) is 0 Å². The van der Waals surface area contributed by atoms with Gasteiger partial charge in [-0.05, 0) is 37.5 Å². The van der Waals surface area contributed by atoms with Gasteiger partial charge in [0.15, 0.2) is 0 Å². The lowest BCUT2D eigenvalue weighted by atomic mass is 9.92.